The van der Waals surface area contributed by atoms with Gasteiger partial charge in [-0.25, -0.2) is 4.98 Å². The van der Waals surface area contributed by atoms with Crippen molar-refractivity contribution in [3.63, 3.8) is 0 Å². The Bertz CT molecular complexity index is 560. The molecule has 20 heavy (non-hydrogen) atoms. The van der Waals surface area contributed by atoms with E-state index in [9.17, 15) is 0 Å². The molecule has 2 aromatic heterocycles. The second-order valence-corrected chi connectivity index (χ2v) is 5.21. The lowest BCUT2D eigenvalue weighted by atomic mass is 10.1. The fourth-order valence-corrected chi connectivity index (χ4v) is 2.85. The van der Waals surface area contributed by atoms with Crippen LogP contribution in [0.3, 0.4) is 0 Å². The van der Waals surface area contributed by atoms with Gasteiger partial charge in [0.1, 0.15) is 11.3 Å². The van der Waals surface area contributed by atoms with Crippen molar-refractivity contribution >= 4 is 11.0 Å². The number of hydrogen-bond donors (Lipinski definition) is 1. The third kappa shape index (κ3) is 2.83. The summed E-state index contributed by atoms with van der Waals surface area (Å²) in [4.78, 5) is 8.82. The first-order chi connectivity index (χ1) is 9.88. The van der Waals surface area contributed by atoms with E-state index < -0.39 is 0 Å². The molecule has 1 N–H and O–H groups in total. The Hall–Kier alpha value is -1.46. The van der Waals surface area contributed by atoms with Gasteiger partial charge in [0.2, 0.25) is 0 Å². The van der Waals surface area contributed by atoms with Crippen LogP contribution in [0.4, 0.5) is 0 Å². The van der Waals surface area contributed by atoms with Crippen molar-refractivity contribution in [3.05, 3.63) is 24.3 Å². The lowest BCUT2D eigenvalue weighted by Crippen LogP contribution is -2.32. The summed E-state index contributed by atoms with van der Waals surface area (Å²) in [5.41, 5.74) is 2.14. The average molecular weight is 274 g/mol. The predicted octanol–water partition coefficient (Wildman–Crippen LogP) is 1.76. The fourth-order valence-electron chi connectivity index (χ4n) is 2.85. The third-order valence-electron chi connectivity index (χ3n) is 3.91. The van der Waals surface area contributed by atoms with Crippen LogP contribution in [0, 0.1) is 0 Å². The zero-order valence-corrected chi connectivity index (χ0v) is 12.0. The van der Waals surface area contributed by atoms with Gasteiger partial charge in [-0.15, -0.1) is 0 Å². The van der Waals surface area contributed by atoms with Gasteiger partial charge in [0, 0.05) is 19.2 Å². The van der Waals surface area contributed by atoms with Gasteiger partial charge in [-0.2, -0.15) is 0 Å². The van der Waals surface area contributed by atoms with Gasteiger partial charge in [-0.1, -0.05) is 0 Å². The van der Waals surface area contributed by atoms with Crippen molar-refractivity contribution in [2.24, 2.45) is 0 Å². The number of aryl methyl sites for hydroxylation is 1. The van der Waals surface area contributed by atoms with Crippen LogP contribution in [0.25, 0.3) is 11.0 Å². The van der Waals surface area contributed by atoms with Crippen molar-refractivity contribution < 1.29 is 4.74 Å². The molecule has 5 heteroatoms. The first-order valence-corrected chi connectivity index (χ1v) is 7.50. The Balaban J connectivity index is 1.64. The molecule has 0 atom stereocenters. The van der Waals surface area contributed by atoms with Crippen LogP contribution in [0.15, 0.2) is 18.5 Å². The lowest BCUT2D eigenvalue weighted by molar-refractivity contribution is 0.0340. The highest BCUT2D eigenvalue weighted by Crippen LogP contribution is 2.16. The fraction of sp³-hybridized carbons (Fsp3) is 0.600. The number of rotatable bonds is 5. The molecule has 0 aromatic carbocycles. The van der Waals surface area contributed by atoms with Gasteiger partial charge in [-0.05, 0) is 38.9 Å². The Morgan fingerprint density at radius 3 is 3.05 bits per heavy atom. The van der Waals surface area contributed by atoms with Gasteiger partial charge in [0.15, 0.2) is 0 Å². The highest BCUT2D eigenvalue weighted by Gasteiger charge is 2.14. The van der Waals surface area contributed by atoms with E-state index in [1.54, 1.807) is 0 Å². The molecular weight excluding hydrogens is 252 g/mol. The maximum absolute atomic E-state index is 5.97. The van der Waals surface area contributed by atoms with Crippen LogP contribution in [-0.2, 0) is 17.7 Å². The number of nitrogens with one attached hydrogen (secondary N) is 1. The average Bonchev–Trinajstić information content (AvgIpc) is 2.86. The Morgan fingerprint density at radius 2 is 2.25 bits per heavy atom. The number of ether oxygens (including phenoxy) is 1. The second-order valence-electron chi connectivity index (χ2n) is 5.21. The van der Waals surface area contributed by atoms with Gasteiger partial charge in [-0.3, -0.25) is 4.98 Å². The van der Waals surface area contributed by atoms with Gasteiger partial charge in [0.25, 0.3) is 0 Å². The summed E-state index contributed by atoms with van der Waals surface area (Å²) in [5, 5.41) is 3.36. The molecule has 5 nitrogen and oxygen atoms in total. The molecule has 0 unspecified atom stereocenters. The molecular formula is C15H22N4O. The van der Waals surface area contributed by atoms with E-state index in [1.807, 2.05) is 18.5 Å². The molecule has 2 aromatic rings. The topological polar surface area (TPSA) is 52.0 Å². The number of pyridine rings is 1. The molecule has 0 radical (unpaired) electrons. The number of hydrogen-bond acceptors (Lipinski definition) is 4. The highest BCUT2D eigenvalue weighted by molar-refractivity contribution is 5.74. The summed E-state index contributed by atoms with van der Waals surface area (Å²) in [6.07, 6.45) is 7.18. The SMILES string of the molecule is CCn1c(CCOC2CCNCC2)nc2cnccc21. The van der Waals surface area contributed by atoms with Crippen molar-refractivity contribution in [1.29, 1.82) is 0 Å². The van der Waals surface area contributed by atoms with E-state index in [4.69, 9.17) is 4.74 Å². The summed E-state index contributed by atoms with van der Waals surface area (Å²) in [6.45, 7) is 5.98. The van der Waals surface area contributed by atoms with Crippen LogP contribution >= 0.6 is 0 Å². The van der Waals surface area contributed by atoms with Gasteiger partial charge < -0.3 is 14.6 Å². The minimum Gasteiger partial charge on any atom is -0.378 e. The summed E-state index contributed by atoms with van der Waals surface area (Å²) >= 11 is 0. The third-order valence-corrected chi connectivity index (χ3v) is 3.91. The van der Waals surface area contributed by atoms with Gasteiger partial charge >= 0.3 is 0 Å². The number of piperidine rings is 1. The zero-order chi connectivity index (χ0) is 13.8. The van der Waals surface area contributed by atoms with Crippen LogP contribution < -0.4 is 5.32 Å². The maximum Gasteiger partial charge on any atom is 0.112 e. The Kier molecular flexibility index (Phi) is 4.28. The molecule has 0 amide bonds. The van der Waals surface area contributed by atoms with Crippen molar-refractivity contribution in [2.75, 3.05) is 19.7 Å². The molecule has 1 aliphatic rings. The number of fused-ring (bicyclic) bond motifs is 1. The molecule has 3 rings (SSSR count). The monoisotopic (exact) mass is 274 g/mol. The molecule has 1 aliphatic heterocycles. The smallest absolute Gasteiger partial charge is 0.112 e. The van der Waals surface area contributed by atoms with Crippen LogP contribution in [0.1, 0.15) is 25.6 Å². The number of imidazole rings is 1. The summed E-state index contributed by atoms with van der Waals surface area (Å²) < 4.78 is 8.23. The molecule has 108 valence electrons. The molecule has 0 spiro atoms. The normalized spacial score (nSPS) is 16.9. The van der Waals surface area contributed by atoms with Crippen LogP contribution in [0.5, 0.6) is 0 Å². The lowest BCUT2D eigenvalue weighted by Gasteiger charge is -2.22. The highest BCUT2D eigenvalue weighted by atomic mass is 16.5. The van der Waals surface area contributed by atoms with E-state index in [0.717, 1.165) is 56.8 Å². The minimum absolute atomic E-state index is 0.414. The molecule has 0 bridgehead atoms. The van der Waals surface area contributed by atoms with Crippen molar-refractivity contribution in [2.45, 2.75) is 38.8 Å². The molecule has 0 saturated carbocycles. The maximum atomic E-state index is 5.97. The number of aromatic nitrogens is 3. The second kappa shape index (κ2) is 6.33. The van der Waals surface area contributed by atoms with E-state index in [2.05, 4.69) is 26.8 Å². The van der Waals surface area contributed by atoms with E-state index >= 15 is 0 Å². The first-order valence-electron chi connectivity index (χ1n) is 7.50. The molecule has 0 aliphatic carbocycles. The number of nitrogens with zero attached hydrogens (tertiary/aromatic N) is 3. The summed E-state index contributed by atoms with van der Waals surface area (Å²) in [6, 6.07) is 2.03. The van der Waals surface area contributed by atoms with E-state index in [1.165, 1.54) is 5.52 Å². The van der Waals surface area contributed by atoms with E-state index in [-0.39, 0.29) is 0 Å². The predicted molar refractivity (Wildman–Crippen MR) is 78.7 cm³/mol. The Labute approximate surface area is 119 Å². The van der Waals surface area contributed by atoms with Crippen molar-refractivity contribution in [3.8, 4) is 0 Å². The minimum atomic E-state index is 0.414. The van der Waals surface area contributed by atoms with Crippen molar-refractivity contribution in [1.82, 2.24) is 19.9 Å². The summed E-state index contributed by atoms with van der Waals surface area (Å²) in [5.74, 6) is 1.10. The van der Waals surface area contributed by atoms with Crippen LogP contribution in [-0.4, -0.2) is 40.3 Å². The quantitative estimate of drug-likeness (QED) is 0.902. The molecule has 1 fully saturated rings. The van der Waals surface area contributed by atoms with E-state index in [0.29, 0.717) is 6.10 Å². The van der Waals surface area contributed by atoms with Crippen LogP contribution in [0.2, 0.25) is 0 Å². The largest absolute Gasteiger partial charge is 0.378 e. The zero-order valence-electron chi connectivity index (χ0n) is 12.0. The first kappa shape index (κ1) is 13.5. The van der Waals surface area contributed by atoms with Gasteiger partial charge in [0.05, 0.1) is 24.4 Å². The summed E-state index contributed by atoms with van der Waals surface area (Å²) in [7, 11) is 0. The molecule has 3 heterocycles. The Morgan fingerprint density at radius 1 is 1.40 bits per heavy atom. The molecule has 1 saturated heterocycles. The standard InChI is InChI=1S/C15H22N4O/c1-2-19-14-5-9-17-11-13(14)18-15(19)6-10-20-12-3-7-16-8-4-12/h5,9,11-12,16H,2-4,6-8,10H2,1H3.